The Morgan fingerprint density at radius 1 is 1.04 bits per heavy atom. The Morgan fingerprint density at radius 2 is 1.75 bits per heavy atom. The molecule has 1 N–H and O–H groups in total. The zero-order valence-corrected chi connectivity index (χ0v) is 16.8. The fourth-order valence-electron chi connectivity index (χ4n) is 4.08. The minimum Gasteiger partial charge on any atom is -0.352 e. The second kappa shape index (κ2) is 8.19. The number of fused-ring (bicyclic) bond motifs is 1. The monoisotopic (exact) mass is 375 g/mol. The third-order valence-electron chi connectivity index (χ3n) is 5.90. The van der Waals surface area contributed by atoms with Gasteiger partial charge in [0.15, 0.2) is 0 Å². The predicted molar refractivity (Wildman–Crippen MR) is 114 cm³/mol. The van der Waals surface area contributed by atoms with Crippen LogP contribution in [0.15, 0.2) is 54.7 Å². The summed E-state index contributed by atoms with van der Waals surface area (Å²) in [5, 5.41) is 4.37. The van der Waals surface area contributed by atoms with E-state index in [9.17, 15) is 4.79 Å². The zero-order valence-electron chi connectivity index (χ0n) is 16.8. The van der Waals surface area contributed by atoms with Crippen molar-refractivity contribution in [3.8, 4) is 0 Å². The molecule has 0 unspecified atom stereocenters. The highest BCUT2D eigenvalue weighted by Gasteiger charge is 2.24. The second-order valence-corrected chi connectivity index (χ2v) is 8.07. The van der Waals surface area contributed by atoms with Gasteiger partial charge in [-0.05, 0) is 67.6 Å². The first-order chi connectivity index (χ1) is 13.6. The molecule has 28 heavy (non-hydrogen) atoms. The predicted octanol–water partition coefficient (Wildman–Crippen LogP) is 4.02. The van der Waals surface area contributed by atoms with Gasteiger partial charge in [-0.25, -0.2) is 0 Å². The standard InChI is InChI=1S/C24H29N3O/c1-18-3-5-19(6-4-18)17-27-13-10-21(11-14-27)24(28)25-16-20-7-8-23-22(15-20)9-12-26(23)2/h3-9,12,15,21H,10-11,13-14,16-17H2,1-2H3,(H,25,28). The van der Waals surface area contributed by atoms with Gasteiger partial charge >= 0.3 is 0 Å². The first-order valence-corrected chi connectivity index (χ1v) is 10.2. The highest BCUT2D eigenvalue weighted by Crippen LogP contribution is 2.20. The lowest BCUT2D eigenvalue weighted by molar-refractivity contribution is -0.126. The molecule has 0 atom stereocenters. The van der Waals surface area contributed by atoms with E-state index in [1.807, 2.05) is 0 Å². The highest BCUT2D eigenvalue weighted by molar-refractivity contribution is 5.81. The van der Waals surface area contributed by atoms with Crippen molar-refractivity contribution in [1.82, 2.24) is 14.8 Å². The molecular formula is C24H29N3O. The van der Waals surface area contributed by atoms with Crippen molar-refractivity contribution in [2.45, 2.75) is 32.9 Å². The number of nitrogens with zero attached hydrogens (tertiary/aromatic N) is 2. The van der Waals surface area contributed by atoms with Gasteiger partial charge in [0.25, 0.3) is 0 Å². The van der Waals surface area contributed by atoms with E-state index in [4.69, 9.17) is 0 Å². The molecule has 2 aromatic carbocycles. The number of rotatable bonds is 5. The van der Waals surface area contributed by atoms with E-state index in [1.54, 1.807) is 0 Å². The Balaban J connectivity index is 1.25. The Hall–Kier alpha value is -2.59. The van der Waals surface area contributed by atoms with Crippen LogP contribution in [0.1, 0.15) is 29.5 Å². The van der Waals surface area contributed by atoms with Crippen molar-refractivity contribution in [3.63, 3.8) is 0 Å². The maximum Gasteiger partial charge on any atom is 0.223 e. The largest absolute Gasteiger partial charge is 0.352 e. The highest BCUT2D eigenvalue weighted by atomic mass is 16.1. The summed E-state index contributed by atoms with van der Waals surface area (Å²) in [6.07, 6.45) is 3.95. The number of hydrogen-bond acceptors (Lipinski definition) is 2. The molecule has 4 rings (SSSR count). The smallest absolute Gasteiger partial charge is 0.223 e. The molecule has 1 saturated heterocycles. The topological polar surface area (TPSA) is 37.3 Å². The molecule has 4 nitrogen and oxygen atoms in total. The Morgan fingerprint density at radius 3 is 2.50 bits per heavy atom. The average molecular weight is 376 g/mol. The summed E-state index contributed by atoms with van der Waals surface area (Å²) in [7, 11) is 2.05. The molecule has 1 amide bonds. The molecule has 1 aliphatic heterocycles. The van der Waals surface area contributed by atoms with Crippen LogP contribution in [0.3, 0.4) is 0 Å². The summed E-state index contributed by atoms with van der Waals surface area (Å²) in [6, 6.07) is 17.3. The van der Waals surface area contributed by atoms with Crippen molar-refractivity contribution in [2.24, 2.45) is 13.0 Å². The molecule has 4 heteroatoms. The normalized spacial score (nSPS) is 15.8. The molecule has 0 aliphatic carbocycles. The number of amides is 1. The number of aromatic nitrogens is 1. The zero-order chi connectivity index (χ0) is 19.5. The number of likely N-dealkylation sites (tertiary alicyclic amines) is 1. The van der Waals surface area contributed by atoms with Crippen LogP contribution in [-0.4, -0.2) is 28.5 Å². The van der Waals surface area contributed by atoms with Gasteiger partial charge in [-0.15, -0.1) is 0 Å². The van der Waals surface area contributed by atoms with Crippen LogP contribution in [0.5, 0.6) is 0 Å². The van der Waals surface area contributed by atoms with Gasteiger partial charge in [-0.1, -0.05) is 35.9 Å². The van der Waals surface area contributed by atoms with Gasteiger partial charge in [-0.2, -0.15) is 0 Å². The first-order valence-electron chi connectivity index (χ1n) is 10.2. The summed E-state index contributed by atoms with van der Waals surface area (Å²) in [5.41, 5.74) is 5.02. The Bertz CT molecular complexity index is 950. The molecule has 0 radical (unpaired) electrons. The first kappa shape index (κ1) is 18.8. The molecule has 0 saturated carbocycles. The van der Waals surface area contributed by atoms with Gasteiger partial charge in [-0.3, -0.25) is 9.69 Å². The van der Waals surface area contributed by atoms with E-state index in [1.165, 1.54) is 22.0 Å². The molecule has 1 aliphatic rings. The fraction of sp³-hybridized carbons (Fsp3) is 0.375. The van der Waals surface area contributed by atoms with Crippen LogP contribution in [-0.2, 0) is 24.9 Å². The summed E-state index contributed by atoms with van der Waals surface area (Å²) in [4.78, 5) is 15.1. The molecule has 146 valence electrons. The SMILES string of the molecule is Cc1ccc(CN2CCC(C(=O)NCc3ccc4c(ccn4C)c3)CC2)cc1. The third-order valence-corrected chi connectivity index (χ3v) is 5.90. The minimum atomic E-state index is 0.134. The molecule has 3 aromatic rings. The summed E-state index contributed by atoms with van der Waals surface area (Å²) in [6.45, 7) is 5.68. The molecule has 1 aromatic heterocycles. The van der Waals surface area contributed by atoms with Crippen LogP contribution in [0.25, 0.3) is 10.9 Å². The Kier molecular flexibility index (Phi) is 5.49. The third kappa shape index (κ3) is 4.28. The van der Waals surface area contributed by atoms with E-state index in [2.05, 4.69) is 83.5 Å². The van der Waals surface area contributed by atoms with Crippen LogP contribution in [0.4, 0.5) is 0 Å². The van der Waals surface area contributed by atoms with Gasteiger partial charge < -0.3 is 9.88 Å². The van der Waals surface area contributed by atoms with Gasteiger partial charge in [0.1, 0.15) is 0 Å². The lowest BCUT2D eigenvalue weighted by Crippen LogP contribution is -2.40. The number of carbonyl (C=O) groups excluding carboxylic acids is 1. The van der Waals surface area contributed by atoms with Crippen LogP contribution < -0.4 is 5.32 Å². The van der Waals surface area contributed by atoms with Crippen LogP contribution in [0, 0.1) is 12.8 Å². The van der Waals surface area contributed by atoms with Crippen LogP contribution >= 0.6 is 0 Å². The van der Waals surface area contributed by atoms with Gasteiger partial charge in [0, 0.05) is 37.8 Å². The van der Waals surface area contributed by atoms with Crippen molar-refractivity contribution in [2.75, 3.05) is 13.1 Å². The van der Waals surface area contributed by atoms with Crippen molar-refractivity contribution < 1.29 is 4.79 Å². The number of benzene rings is 2. The number of aryl methyl sites for hydroxylation is 2. The second-order valence-electron chi connectivity index (χ2n) is 8.07. The fourth-order valence-corrected chi connectivity index (χ4v) is 4.08. The molecule has 0 bridgehead atoms. The maximum absolute atomic E-state index is 12.6. The van der Waals surface area contributed by atoms with E-state index < -0.39 is 0 Å². The molecule has 0 spiro atoms. The summed E-state index contributed by atoms with van der Waals surface area (Å²) >= 11 is 0. The van der Waals surface area contributed by atoms with E-state index >= 15 is 0 Å². The quantitative estimate of drug-likeness (QED) is 0.731. The van der Waals surface area contributed by atoms with Gasteiger partial charge in [0.05, 0.1) is 0 Å². The summed E-state index contributed by atoms with van der Waals surface area (Å²) < 4.78 is 2.11. The van der Waals surface area contributed by atoms with E-state index in [0.29, 0.717) is 6.54 Å². The van der Waals surface area contributed by atoms with E-state index in [0.717, 1.165) is 38.0 Å². The number of piperidine rings is 1. The molecule has 2 heterocycles. The van der Waals surface area contributed by atoms with Crippen LogP contribution in [0.2, 0.25) is 0 Å². The lowest BCUT2D eigenvalue weighted by atomic mass is 9.95. The summed E-state index contributed by atoms with van der Waals surface area (Å²) in [5.74, 6) is 0.331. The Labute approximate surface area is 167 Å². The number of nitrogens with one attached hydrogen (secondary N) is 1. The minimum absolute atomic E-state index is 0.134. The molecule has 1 fully saturated rings. The average Bonchev–Trinajstić information content (AvgIpc) is 3.09. The number of hydrogen-bond donors (Lipinski definition) is 1. The van der Waals surface area contributed by atoms with E-state index in [-0.39, 0.29) is 11.8 Å². The van der Waals surface area contributed by atoms with Crippen molar-refractivity contribution in [1.29, 1.82) is 0 Å². The number of carbonyl (C=O) groups is 1. The molecular weight excluding hydrogens is 346 g/mol. The lowest BCUT2D eigenvalue weighted by Gasteiger charge is -2.31. The van der Waals surface area contributed by atoms with Crippen molar-refractivity contribution >= 4 is 16.8 Å². The maximum atomic E-state index is 12.6. The van der Waals surface area contributed by atoms with Crippen molar-refractivity contribution in [3.05, 3.63) is 71.4 Å². The van der Waals surface area contributed by atoms with Gasteiger partial charge in [0.2, 0.25) is 5.91 Å².